The zero-order valence-electron chi connectivity index (χ0n) is 9.91. The number of hydrogen-bond donors (Lipinski definition) is 0. The van der Waals surface area contributed by atoms with Gasteiger partial charge in [-0.3, -0.25) is 0 Å². The monoisotopic (exact) mass is 230 g/mol. The molecule has 0 unspecified atom stereocenters. The molecule has 0 saturated carbocycles. The molecule has 0 radical (unpaired) electrons. The van der Waals surface area contributed by atoms with E-state index < -0.39 is 9.06 Å². The van der Waals surface area contributed by atoms with E-state index in [2.05, 4.69) is 63.0 Å². The van der Waals surface area contributed by atoms with Gasteiger partial charge < -0.3 is 0 Å². The Hall–Kier alpha value is -0.0800. The molecule has 0 amide bonds. The van der Waals surface area contributed by atoms with E-state index in [-0.39, 0.29) is 0 Å². The highest BCUT2D eigenvalue weighted by molar-refractivity contribution is 8.95. The van der Waals surface area contributed by atoms with Crippen LogP contribution in [0.25, 0.3) is 0 Å². The zero-order chi connectivity index (χ0) is 11.0. The first-order valence-electron chi connectivity index (χ1n) is 4.81. The summed E-state index contributed by atoms with van der Waals surface area (Å²) in [6.07, 6.45) is 19.0. The van der Waals surface area contributed by atoms with Gasteiger partial charge in [-0.05, 0) is 43.9 Å². The van der Waals surface area contributed by atoms with E-state index in [0.717, 1.165) is 6.42 Å². The third-order valence-electron chi connectivity index (χ3n) is 2.01. The van der Waals surface area contributed by atoms with Gasteiger partial charge in [0.1, 0.15) is 0 Å². The first kappa shape index (κ1) is 13.9. The lowest BCUT2D eigenvalue weighted by atomic mass is 10.3. The fraction of sp³-hybridized carbons (Fsp3) is 0.500. The molecule has 2 heteroatoms. The van der Waals surface area contributed by atoms with E-state index in [0.29, 0.717) is 0 Å². The van der Waals surface area contributed by atoms with Gasteiger partial charge in [0, 0.05) is 0 Å². The third kappa shape index (κ3) is 4.97. The molecule has 0 atom stereocenters. The summed E-state index contributed by atoms with van der Waals surface area (Å²) in [4.78, 5) is 1.49. The molecule has 0 bridgehead atoms. The summed E-state index contributed by atoms with van der Waals surface area (Å²) in [6.45, 7) is 4.15. The Bertz CT molecular complexity index is 235. The van der Waals surface area contributed by atoms with E-state index in [1.54, 1.807) is 0 Å². The summed E-state index contributed by atoms with van der Waals surface area (Å²) < 4.78 is 0. The van der Waals surface area contributed by atoms with E-state index in [4.69, 9.17) is 0 Å². The van der Waals surface area contributed by atoms with Crippen LogP contribution in [0.2, 0.25) is 0 Å². The summed E-state index contributed by atoms with van der Waals surface area (Å²) >= 11 is 0. The molecule has 0 heterocycles. The number of allylic oxidation sites excluding steroid dienone is 5. The van der Waals surface area contributed by atoms with Crippen molar-refractivity contribution in [2.75, 3.05) is 18.8 Å². The van der Waals surface area contributed by atoms with Gasteiger partial charge in [-0.15, -0.1) is 10.8 Å². The van der Waals surface area contributed by atoms with E-state index >= 15 is 0 Å². The molecule has 0 nitrogen and oxygen atoms in total. The minimum atomic E-state index is -0.646. The van der Waals surface area contributed by atoms with Gasteiger partial charge >= 0.3 is 0 Å². The van der Waals surface area contributed by atoms with Crippen LogP contribution in [0.1, 0.15) is 20.3 Å². The van der Waals surface area contributed by atoms with Gasteiger partial charge in [0.15, 0.2) is 0 Å². The molecule has 0 aliphatic rings. The van der Waals surface area contributed by atoms with Crippen LogP contribution in [-0.2, 0) is 0 Å². The van der Waals surface area contributed by atoms with Crippen molar-refractivity contribution in [1.29, 1.82) is 0 Å². The molecule has 0 aliphatic carbocycles. The average Bonchev–Trinajstić information content (AvgIpc) is 2.17. The van der Waals surface area contributed by atoms with Crippen molar-refractivity contribution in [3.63, 3.8) is 0 Å². The van der Waals surface area contributed by atoms with Crippen LogP contribution in [0.4, 0.5) is 0 Å². The molecule has 0 rings (SSSR count). The Morgan fingerprint density at radius 3 is 2.29 bits per heavy atom. The van der Waals surface area contributed by atoms with Gasteiger partial charge in [0.05, 0.1) is 0 Å². The van der Waals surface area contributed by atoms with Crippen molar-refractivity contribution in [2.24, 2.45) is 0 Å². The molecular formula is C12H22S2. The summed E-state index contributed by atoms with van der Waals surface area (Å²) in [5, 5.41) is 0. The Balaban J connectivity index is 4.66. The molecule has 0 aliphatic heterocycles. The molecule has 82 valence electrons. The maximum Gasteiger partial charge on any atom is -0.00567 e. The third-order valence-corrected chi connectivity index (χ3v) is 7.35. The highest BCUT2D eigenvalue weighted by Crippen LogP contribution is 2.59. The summed E-state index contributed by atoms with van der Waals surface area (Å²) in [5.74, 6) is 0. The van der Waals surface area contributed by atoms with Crippen molar-refractivity contribution in [1.82, 2.24) is 0 Å². The standard InChI is InChI=1S/C12H22S2/c1-6-8-9-11-12(10-7-2)14(4,5)13-3/h6-8,10-11H,9H2,1-5H3/b8-6-,10-7-,12-11+. The molecule has 0 fully saturated rings. The van der Waals surface area contributed by atoms with Gasteiger partial charge in [-0.25, -0.2) is 0 Å². The molecule has 0 saturated heterocycles. The van der Waals surface area contributed by atoms with Gasteiger partial charge in [0.2, 0.25) is 0 Å². The SMILES string of the molecule is C/C=C\C/C=C(\C=C/C)S(C)(C)SC. The Morgan fingerprint density at radius 2 is 1.86 bits per heavy atom. The second-order valence-corrected chi connectivity index (χ2v) is 10.1. The van der Waals surface area contributed by atoms with Gasteiger partial charge in [-0.2, -0.15) is 9.06 Å². The normalized spacial score (nSPS) is 15.6. The highest BCUT2D eigenvalue weighted by atomic mass is 33.2. The Labute approximate surface area is 94.3 Å². The van der Waals surface area contributed by atoms with Crippen molar-refractivity contribution in [3.05, 3.63) is 35.3 Å². The summed E-state index contributed by atoms with van der Waals surface area (Å²) in [6, 6.07) is 0. The lowest BCUT2D eigenvalue weighted by Gasteiger charge is -2.30. The van der Waals surface area contributed by atoms with E-state index in [1.165, 1.54) is 4.91 Å². The first-order valence-corrected chi connectivity index (χ1v) is 9.00. The van der Waals surface area contributed by atoms with Crippen LogP contribution in [0.3, 0.4) is 0 Å². The predicted molar refractivity (Wildman–Crippen MR) is 75.3 cm³/mol. The van der Waals surface area contributed by atoms with Crippen molar-refractivity contribution in [3.8, 4) is 0 Å². The zero-order valence-corrected chi connectivity index (χ0v) is 11.5. The van der Waals surface area contributed by atoms with E-state index in [1.807, 2.05) is 10.8 Å². The van der Waals surface area contributed by atoms with Crippen LogP contribution >= 0.6 is 19.9 Å². The maximum absolute atomic E-state index is 2.35. The van der Waals surface area contributed by atoms with Crippen LogP contribution in [0.15, 0.2) is 35.3 Å². The van der Waals surface area contributed by atoms with E-state index in [9.17, 15) is 0 Å². The molecule has 0 aromatic heterocycles. The Morgan fingerprint density at radius 1 is 1.21 bits per heavy atom. The second-order valence-electron chi connectivity index (χ2n) is 3.31. The number of hydrogen-bond acceptors (Lipinski definition) is 1. The number of rotatable bonds is 5. The minimum Gasteiger partial charge on any atom is -0.172 e. The van der Waals surface area contributed by atoms with Crippen molar-refractivity contribution >= 4 is 19.9 Å². The second kappa shape index (κ2) is 7.24. The van der Waals surface area contributed by atoms with Crippen molar-refractivity contribution in [2.45, 2.75) is 20.3 Å². The van der Waals surface area contributed by atoms with Crippen LogP contribution < -0.4 is 0 Å². The maximum atomic E-state index is 2.35. The summed E-state index contributed by atoms with van der Waals surface area (Å²) in [5.41, 5.74) is 0. The molecule has 0 spiro atoms. The smallest absolute Gasteiger partial charge is 0.00567 e. The van der Waals surface area contributed by atoms with Crippen LogP contribution in [0.5, 0.6) is 0 Å². The van der Waals surface area contributed by atoms with Crippen molar-refractivity contribution < 1.29 is 0 Å². The fourth-order valence-electron chi connectivity index (χ4n) is 1.01. The fourth-order valence-corrected chi connectivity index (χ4v) is 3.12. The van der Waals surface area contributed by atoms with Crippen LogP contribution in [0, 0.1) is 0 Å². The minimum absolute atomic E-state index is 0.646. The molecular weight excluding hydrogens is 208 g/mol. The van der Waals surface area contributed by atoms with Gasteiger partial charge in [-0.1, -0.05) is 30.4 Å². The Kier molecular flexibility index (Phi) is 7.20. The predicted octanol–water partition coefficient (Wildman–Crippen LogP) is 4.75. The molecule has 14 heavy (non-hydrogen) atoms. The quantitative estimate of drug-likeness (QED) is 0.373. The highest BCUT2D eigenvalue weighted by Gasteiger charge is 2.12. The largest absolute Gasteiger partial charge is 0.172 e. The van der Waals surface area contributed by atoms with Crippen LogP contribution in [-0.4, -0.2) is 18.8 Å². The molecule has 0 aromatic carbocycles. The first-order chi connectivity index (χ1) is 6.58. The molecule has 0 aromatic rings. The summed E-state index contributed by atoms with van der Waals surface area (Å²) in [7, 11) is 1.33. The average molecular weight is 230 g/mol. The molecule has 0 N–H and O–H groups in total. The van der Waals surface area contributed by atoms with Gasteiger partial charge in [0.25, 0.3) is 0 Å². The lowest BCUT2D eigenvalue weighted by molar-refractivity contribution is 1.37. The topological polar surface area (TPSA) is 0 Å². The lowest BCUT2D eigenvalue weighted by Crippen LogP contribution is -1.91.